The summed E-state index contributed by atoms with van der Waals surface area (Å²) < 4.78 is 6.95. The van der Waals surface area contributed by atoms with Crippen LogP contribution in [0.2, 0.25) is 0 Å². The van der Waals surface area contributed by atoms with E-state index in [-0.39, 0.29) is 42.7 Å². The first-order valence-corrected chi connectivity index (χ1v) is 15.5. The van der Waals surface area contributed by atoms with E-state index in [0.29, 0.717) is 25.2 Å². The van der Waals surface area contributed by atoms with Crippen LogP contribution in [0.3, 0.4) is 0 Å². The number of anilines is 1. The molecule has 230 valence electrons. The minimum Gasteiger partial charge on any atom is -0.394 e. The van der Waals surface area contributed by atoms with E-state index in [4.69, 9.17) is 4.74 Å². The second-order valence-corrected chi connectivity index (χ2v) is 12.8. The number of rotatable bonds is 14. The molecule has 3 aliphatic heterocycles. The average molecular weight is 580 g/mol. The van der Waals surface area contributed by atoms with E-state index in [0.717, 1.165) is 19.3 Å². The number of nitrogens with zero attached hydrogens (tertiary/aromatic N) is 3. The fourth-order valence-corrected chi connectivity index (χ4v) is 7.71. The average Bonchev–Trinajstić information content (AvgIpc) is 3.48. The number of benzene rings is 1. The van der Waals surface area contributed by atoms with Crippen LogP contribution in [0.25, 0.3) is 0 Å². The maximum atomic E-state index is 14.7. The van der Waals surface area contributed by atoms with Crippen molar-refractivity contribution in [3.05, 3.63) is 55.6 Å². The van der Waals surface area contributed by atoms with Gasteiger partial charge in [0.25, 0.3) is 0 Å². The predicted octanol–water partition coefficient (Wildman–Crippen LogP) is 4.44. The zero-order valence-corrected chi connectivity index (χ0v) is 26.0. The van der Waals surface area contributed by atoms with Gasteiger partial charge in [-0.3, -0.25) is 14.4 Å². The number of carbonyl (C=O) groups is 3. The van der Waals surface area contributed by atoms with E-state index in [2.05, 4.69) is 27.0 Å². The predicted molar refractivity (Wildman–Crippen MR) is 165 cm³/mol. The number of likely N-dealkylation sites (tertiary alicyclic amines) is 1. The van der Waals surface area contributed by atoms with E-state index in [1.165, 1.54) is 0 Å². The molecule has 1 spiro atoms. The number of aliphatic hydroxyl groups excluding tert-OH is 1. The van der Waals surface area contributed by atoms with Gasteiger partial charge in [0, 0.05) is 25.3 Å². The van der Waals surface area contributed by atoms with E-state index >= 15 is 0 Å². The van der Waals surface area contributed by atoms with E-state index in [1.54, 1.807) is 26.9 Å². The highest BCUT2D eigenvalue weighted by Crippen LogP contribution is 2.66. The Morgan fingerprint density at radius 1 is 1.14 bits per heavy atom. The second kappa shape index (κ2) is 12.7. The van der Waals surface area contributed by atoms with Gasteiger partial charge in [0.1, 0.15) is 11.6 Å². The van der Waals surface area contributed by atoms with Crippen LogP contribution in [-0.4, -0.2) is 82.2 Å². The lowest BCUT2D eigenvalue weighted by molar-refractivity contribution is -0.156. The van der Waals surface area contributed by atoms with Gasteiger partial charge in [0.15, 0.2) is 0 Å². The summed E-state index contributed by atoms with van der Waals surface area (Å²) in [5.41, 5.74) is -1.39. The third-order valence-electron chi connectivity index (χ3n) is 9.90. The first kappa shape index (κ1) is 32.0. The van der Waals surface area contributed by atoms with Gasteiger partial charge in [-0.25, -0.2) is 0 Å². The van der Waals surface area contributed by atoms with Gasteiger partial charge < -0.3 is 24.5 Å². The Labute approximate surface area is 251 Å². The first-order valence-electron chi connectivity index (χ1n) is 15.5. The lowest BCUT2D eigenvalue weighted by atomic mass is 9.62. The minimum atomic E-state index is -1.17. The van der Waals surface area contributed by atoms with Crippen molar-refractivity contribution in [1.82, 2.24) is 9.80 Å². The molecule has 8 heteroatoms. The van der Waals surface area contributed by atoms with Gasteiger partial charge in [-0.05, 0) is 43.7 Å². The van der Waals surface area contributed by atoms with Crippen molar-refractivity contribution in [2.75, 3.05) is 31.1 Å². The van der Waals surface area contributed by atoms with Crippen molar-refractivity contribution in [2.24, 2.45) is 23.7 Å². The molecule has 3 aliphatic rings. The molecule has 0 aromatic heterocycles. The molecular weight excluding hydrogens is 530 g/mol. The first-order chi connectivity index (χ1) is 20.0. The number of para-hydroxylation sites is 1. The van der Waals surface area contributed by atoms with E-state index in [1.807, 2.05) is 51.1 Å². The molecular formula is C34H49N3O5. The number of aliphatic hydroxyl groups is 1. The second-order valence-electron chi connectivity index (χ2n) is 12.8. The summed E-state index contributed by atoms with van der Waals surface area (Å²) in [6.45, 7) is 18.6. The van der Waals surface area contributed by atoms with Crippen LogP contribution in [0, 0.1) is 23.7 Å². The number of unbranched alkanes of at least 4 members (excludes halogenated alkanes) is 2. The Hall–Kier alpha value is -2.97. The highest BCUT2D eigenvalue weighted by molar-refractivity contribution is 6.03. The third-order valence-corrected chi connectivity index (χ3v) is 9.90. The van der Waals surface area contributed by atoms with Gasteiger partial charge in [-0.15, -0.1) is 13.2 Å². The van der Waals surface area contributed by atoms with E-state index in [9.17, 15) is 19.5 Å². The van der Waals surface area contributed by atoms with Crippen molar-refractivity contribution in [1.29, 1.82) is 0 Å². The van der Waals surface area contributed by atoms with Crippen molar-refractivity contribution in [3.8, 4) is 0 Å². The topological polar surface area (TPSA) is 90.4 Å². The normalized spacial score (nSPS) is 30.4. The van der Waals surface area contributed by atoms with Gasteiger partial charge in [-0.2, -0.15) is 0 Å². The molecule has 42 heavy (non-hydrogen) atoms. The van der Waals surface area contributed by atoms with Crippen LogP contribution in [0.4, 0.5) is 5.69 Å². The SMILES string of the molecule is C=CCN(CCCCC)C(=O)C1N([C@@H](CO)C(C)C)C(=O)[C@@H]2[C@@H](C(=O)N(CC=C)c3ccccc3)[C@]3(C)OC12CC3C. The monoisotopic (exact) mass is 579 g/mol. The van der Waals surface area contributed by atoms with Crippen molar-refractivity contribution in [3.63, 3.8) is 0 Å². The largest absolute Gasteiger partial charge is 0.394 e. The summed E-state index contributed by atoms with van der Waals surface area (Å²) in [4.78, 5) is 48.9. The van der Waals surface area contributed by atoms with Gasteiger partial charge in [-0.1, -0.05) is 70.9 Å². The molecule has 3 saturated heterocycles. The third kappa shape index (κ3) is 5.11. The zero-order chi connectivity index (χ0) is 30.8. The lowest BCUT2D eigenvalue weighted by Gasteiger charge is -2.40. The number of hydrogen-bond acceptors (Lipinski definition) is 5. The number of amides is 3. The van der Waals surface area contributed by atoms with Crippen LogP contribution in [0.5, 0.6) is 0 Å². The number of carbonyl (C=O) groups excluding carboxylic acids is 3. The Morgan fingerprint density at radius 3 is 2.38 bits per heavy atom. The van der Waals surface area contributed by atoms with Crippen LogP contribution >= 0.6 is 0 Å². The fraction of sp³-hybridized carbons (Fsp3) is 0.618. The highest BCUT2D eigenvalue weighted by atomic mass is 16.5. The molecule has 3 amide bonds. The van der Waals surface area contributed by atoms with Crippen LogP contribution in [0.15, 0.2) is 55.6 Å². The summed E-state index contributed by atoms with van der Waals surface area (Å²) in [5.74, 6) is -2.52. The number of ether oxygens (including phenoxy) is 1. The lowest BCUT2D eigenvalue weighted by Crippen LogP contribution is -2.60. The molecule has 3 unspecified atom stereocenters. The van der Waals surface area contributed by atoms with Crippen LogP contribution < -0.4 is 4.90 Å². The Morgan fingerprint density at radius 2 is 1.81 bits per heavy atom. The van der Waals surface area contributed by atoms with Crippen molar-refractivity contribution < 1.29 is 24.2 Å². The standard InChI is InChI=1S/C34H49N3O5/c1-8-11-15-20-35(18-9-2)32(41)29-34-21-24(6)33(7,42-34)27(28(34)31(40)37(29)26(22-38)23(4)5)30(39)36(19-10-3)25-16-13-12-14-17-25/h9-10,12-14,16-17,23-24,26-29,38H,2-3,8,11,15,18-22H2,1,4-7H3/t24?,26-,27-,28-,29?,33+,34?/m0/s1. The quantitative estimate of drug-likeness (QED) is 0.260. The maximum absolute atomic E-state index is 14.7. The van der Waals surface area contributed by atoms with Gasteiger partial charge in [0.2, 0.25) is 17.7 Å². The molecule has 0 radical (unpaired) electrons. The molecule has 7 atom stereocenters. The summed E-state index contributed by atoms with van der Waals surface area (Å²) in [6, 6.07) is 7.85. The van der Waals surface area contributed by atoms with Crippen molar-refractivity contribution in [2.45, 2.75) is 83.6 Å². The Bertz CT molecular complexity index is 1170. The molecule has 1 aromatic carbocycles. The fourth-order valence-electron chi connectivity index (χ4n) is 7.71. The Kier molecular flexibility index (Phi) is 9.68. The molecule has 8 nitrogen and oxygen atoms in total. The maximum Gasteiger partial charge on any atom is 0.248 e. The number of hydrogen-bond donors (Lipinski definition) is 1. The van der Waals surface area contributed by atoms with E-state index < -0.39 is 35.1 Å². The Balaban J connectivity index is 1.85. The minimum absolute atomic E-state index is 0.0772. The molecule has 4 rings (SSSR count). The zero-order valence-electron chi connectivity index (χ0n) is 26.0. The summed E-state index contributed by atoms with van der Waals surface area (Å²) in [6.07, 6.45) is 6.71. The van der Waals surface area contributed by atoms with Gasteiger partial charge >= 0.3 is 0 Å². The molecule has 2 bridgehead atoms. The smallest absolute Gasteiger partial charge is 0.248 e. The van der Waals surface area contributed by atoms with Crippen LogP contribution in [-0.2, 0) is 19.1 Å². The molecule has 1 N–H and O–H groups in total. The highest BCUT2D eigenvalue weighted by Gasteiger charge is 2.80. The summed E-state index contributed by atoms with van der Waals surface area (Å²) >= 11 is 0. The summed E-state index contributed by atoms with van der Waals surface area (Å²) in [5, 5.41) is 10.5. The molecule has 3 heterocycles. The molecule has 1 aromatic rings. The molecule has 0 aliphatic carbocycles. The van der Waals surface area contributed by atoms with Crippen LogP contribution in [0.1, 0.15) is 60.3 Å². The molecule has 3 fully saturated rings. The number of fused-ring (bicyclic) bond motifs is 1. The summed E-state index contributed by atoms with van der Waals surface area (Å²) in [7, 11) is 0. The van der Waals surface area contributed by atoms with Gasteiger partial charge in [0.05, 0.1) is 30.1 Å². The molecule has 0 saturated carbocycles. The van der Waals surface area contributed by atoms with Crippen molar-refractivity contribution >= 4 is 23.4 Å².